The van der Waals surface area contributed by atoms with Crippen LogP contribution in [0.15, 0.2) is 5.34 Å². The summed E-state index contributed by atoms with van der Waals surface area (Å²) < 4.78 is -1.00. The molecule has 4 nitrogen and oxygen atoms in total. The van der Waals surface area contributed by atoms with Crippen LogP contribution < -0.4 is 5.73 Å². The number of hydrogen-bond acceptors (Lipinski definition) is 3. The maximum absolute atomic E-state index is 8.11. The molecule has 0 heterocycles. The summed E-state index contributed by atoms with van der Waals surface area (Å²) in [7, 11) is 0. The molecule has 12 heavy (non-hydrogen) atoms. The molecule has 3 N–H and O–H groups in total. The van der Waals surface area contributed by atoms with Crippen LogP contribution >= 0.6 is 23.2 Å². The van der Waals surface area contributed by atoms with Crippen LogP contribution in [0.1, 0.15) is 32.6 Å². The molecule has 0 aliphatic carbocycles. The normalized spacial score (nSPS) is 10.0. The fourth-order valence-corrected chi connectivity index (χ4v) is 0.878. The van der Waals surface area contributed by atoms with Crippen molar-refractivity contribution in [3.05, 3.63) is 4.91 Å². The van der Waals surface area contributed by atoms with Crippen LogP contribution in [-0.2, 0) is 0 Å². The second kappa shape index (κ2) is 9.03. The number of nitrogens with two attached hydrogens (primary N) is 1. The average molecular weight is 217 g/mol. The minimum absolute atomic E-state index is 0.684. The maximum Gasteiger partial charge on any atom is 0.166 e. The zero-order chi connectivity index (χ0) is 10.0. The first-order chi connectivity index (χ1) is 5.47. The molecular formula is C6H14Cl2N2O2. The van der Waals surface area contributed by atoms with Gasteiger partial charge in [-0.3, -0.25) is 0 Å². The molecule has 0 saturated heterocycles. The predicted molar refractivity (Wildman–Crippen MR) is 50.3 cm³/mol. The van der Waals surface area contributed by atoms with E-state index in [2.05, 4.69) is 6.92 Å². The Hall–Kier alpha value is -0.0600. The van der Waals surface area contributed by atoms with Crippen LogP contribution in [0, 0.1) is 4.91 Å². The SMILES string of the molecule is CCCCCC(N)(Cl)Cl.O=NO. The monoisotopic (exact) mass is 216 g/mol. The second-order valence-corrected chi connectivity index (χ2v) is 3.84. The Morgan fingerprint density at radius 3 is 2.17 bits per heavy atom. The third-order valence-corrected chi connectivity index (χ3v) is 1.49. The molecule has 0 fully saturated rings. The van der Waals surface area contributed by atoms with Crippen molar-refractivity contribution in [2.75, 3.05) is 0 Å². The van der Waals surface area contributed by atoms with Gasteiger partial charge in [0.15, 0.2) is 9.80 Å². The van der Waals surface area contributed by atoms with Crippen molar-refractivity contribution < 1.29 is 5.21 Å². The summed E-state index contributed by atoms with van der Waals surface area (Å²) in [5.41, 5.74) is 5.31. The van der Waals surface area contributed by atoms with Gasteiger partial charge in [-0.25, -0.2) is 0 Å². The van der Waals surface area contributed by atoms with E-state index in [1.807, 2.05) is 0 Å². The van der Waals surface area contributed by atoms with E-state index in [9.17, 15) is 0 Å². The number of hydrogen-bond donors (Lipinski definition) is 2. The third kappa shape index (κ3) is 22.5. The Labute approximate surface area is 82.0 Å². The average Bonchev–Trinajstić information content (AvgIpc) is 1.87. The van der Waals surface area contributed by atoms with Gasteiger partial charge >= 0.3 is 0 Å². The number of unbranched alkanes of at least 4 members (excludes halogenated alkanes) is 2. The van der Waals surface area contributed by atoms with Crippen molar-refractivity contribution in [3.63, 3.8) is 0 Å². The van der Waals surface area contributed by atoms with Crippen molar-refractivity contribution in [2.45, 2.75) is 37.1 Å². The summed E-state index contributed by atoms with van der Waals surface area (Å²) >= 11 is 11.0. The Balaban J connectivity index is 0. The van der Waals surface area contributed by atoms with Gasteiger partial charge in [-0.2, -0.15) is 0 Å². The zero-order valence-electron chi connectivity index (χ0n) is 6.96. The van der Waals surface area contributed by atoms with Gasteiger partial charge < -0.3 is 10.9 Å². The minimum atomic E-state index is -1.00. The zero-order valence-corrected chi connectivity index (χ0v) is 8.48. The Kier molecular flexibility index (Phi) is 10.9. The smallest absolute Gasteiger partial charge is 0.166 e. The summed E-state index contributed by atoms with van der Waals surface area (Å²) in [6.45, 7) is 2.13. The van der Waals surface area contributed by atoms with Gasteiger partial charge in [0.25, 0.3) is 0 Å². The largest absolute Gasteiger partial charge is 0.379 e. The molecule has 0 saturated carbocycles. The molecule has 6 heteroatoms. The molecule has 0 radical (unpaired) electrons. The number of halogens is 2. The first-order valence-corrected chi connectivity index (χ1v) is 4.37. The van der Waals surface area contributed by atoms with Crippen LogP contribution in [-0.4, -0.2) is 9.66 Å². The minimum Gasteiger partial charge on any atom is -0.379 e. The van der Waals surface area contributed by atoms with Crippen molar-refractivity contribution in [1.82, 2.24) is 0 Å². The fourth-order valence-electron chi connectivity index (χ4n) is 0.611. The molecule has 0 rings (SSSR count). The predicted octanol–water partition coefficient (Wildman–Crippen LogP) is 2.80. The molecule has 0 aromatic rings. The lowest BCUT2D eigenvalue weighted by atomic mass is 10.2. The van der Waals surface area contributed by atoms with Crippen LogP contribution in [0.5, 0.6) is 0 Å². The van der Waals surface area contributed by atoms with E-state index < -0.39 is 4.46 Å². The molecule has 0 atom stereocenters. The highest BCUT2D eigenvalue weighted by Gasteiger charge is 2.14. The molecule has 0 amide bonds. The molecule has 0 bridgehead atoms. The van der Waals surface area contributed by atoms with Crippen LogP contribution in [0.4, 0.5) is 0 Å². The molecular weight excluding hydrogens is 203 g/mol. The molecule has 0 aromatic carbocycles. The van der Waals surface area contributed by atoms with Crippen molar-refractivity contribution in [3.8, 4) is 0 Å². The summed E-state index contributed by atoms with van der Waals surface area (Å²) in [5, 5.41) is 7.89. The van der Waals surface area contributed by atoms with Crippen molar-refractivity contribution in [2.24, 2.45) is 11.1 Å². The van der Waals surface area contributed by atoms with Crippen molar-refractivity contribution >= 4 is 23.2 Å². The van der Waals surface area contributed by atoms with Crippen LogP contribution in [0.3, 0.4) is 0 Å². The Morgan fingerprint density at radius 2 is 1.92 bits per heavy atom. The fraction of sp³-hybridized carbons (Fsp3) is 1.00. The number of rotatable bonds is 4. The van der Waals surface area contributed by atoms with E-state index in [0.29, 0.717) is 6.42 Å². The number of nitrogens with zero attached hydrogens (tertiary/aromatic N) is 1. The summed E-state index contributed by atoms with van der Waals surface area (Å²) in [5.74, 6) is 0. The van der Waals surface area contributed by atoms with Crippen LogP contribution in [0.2, 0.25) is 0 Å². The summed E-state index contributed by atoms with van der Waals surface area (Å²) in [6.07, 6.45) is 4.02. The third-order valence-electron chi connectivity index (χ3n) is 1.11. The second-order valence-electron chi connectivity index (χ2n) is 2.30. The highest BCUT2D eigenvalue weighted by molar-refractivity contribution is 6.47. The van der Waals surface area contributed by atoms with Gasteiger partial charge in [-0.1, -0.05) is 43.0 Å². The number of alkyl halides is 2. The molecule has 0 unspecified atom stereocenters. The highest BCUT2D eigenvalue weighted by atomic mass is 35.5. The topological polar surface area (TPSA) is 75.7 Å². The highest BCUT2D eigenvalue weighted by Crippen LogP contribution is 2.20. The van der Waals surface area contributed by atoms with Gasteiger partial charge in [-0.05, 0) is 12.8 Å². The van der Waals surface area contributed by atoms with E-state index >= 15 is 0 Å². The molecule has 74 valence electrons. The van der Waals surface area contributed by atoms with Crippen LogP contribution in [0.25, 0.3) is 0 Å². The van der Waals surface area contributed by atoms with E-state index in [4.69, 9.17) is 39.0 Å². The maximum atomic E-state index is 8.11. The Morgan fingerprint density at radius 1 is 1.50 bits per heavy atom. The molecule has 0 aliphatic rings. The van der Waals surface area contributed by atoms with Crippen molar-refractivity contribution in [1.29, 1.82) is 0 Å². The van der Waals surface area contributed by atoms with Gasteiger partial charge in [0.05, 0.1) is 0 Å². The van der Waals surface area contributed by atoms with Gasteiger partial charge in [0, 0.05) is 0 Å². The quantitative estimate of drug-likeness (QED) is 0.250. The van der Waals surface area contributed by atoms with E-state index in [0.717, 1.165) is 12.8 Å². The standard InChI is InChI=1S/C6H13Cl2N.HNO2/c1-2-3-4-5-6(7,8)9;2-1-3/h2-5,9H2,1H3;(H,2,3). The summed E-state index contributed by atoms with van der Waals surface area (Å²) in [6, 6.07) is 0. The van der Waals surface area contributed by atoms with E-state index in [1.54, 1.807) is 0 Å². The Bertz CT molecular complexity index is 106. The lowest BCUT2D eigenvalue weighted by Gasteiger charge is -2.11. The van der Waals surface area contributed by atoms with Gasteiger partial charge in [-0.15, -0.1) is 4.91 Å². The van der Waals surface area contributed by atoms with Gasteiger partial charge in [0.2, 0.25) is 0 Å². The lowest BCUT2D eigenvalue weighted by Crippen LogP contribution is -2.24. The molecule has 0 aliphatic heterocycles. The van der Waals surface area contributed by atoms with E-state index in [-0.39, 0.29) is 0 Å². The molecule has 0 aromatic heterocycles. The lowest BCUT2D eigenvalue weighted by molar-refractivity contribution is 0.312. The van der Waals surface area contributed by atoms with E-state index in [1.165, 1.54) is 11.8 Å². The first kappa shape index (κ1) is 14.5. The first-order valence-electron chi connectivity index (χ1n) is 3.61. The van der Waals surface area contributed by atoms with Gasteiger partial charge in [0.1, 0.15) is 0 Å². The molecule has 0 spiro atoms. The summed E-state index contributed by atoms with van der Waals surface area (Å²) in [4.78, 5) is 8.11.